The number of hydrogen-bond acceptors (Lipinski definition) is 7. The molecular formula is C32H51N5O7. The average molecular weight is 618 g/mol. The van der Waals surface area contributed by atoms with Gasteiger partial charge in [0.2, 0.25) is 23.6 Å². The van der Waals surface area contributed by atoms with E-state index in [9.17, 15) is 24.0 Å². The van der Waals surface area contributed by atoms with E-state index >= 15 is 0 Å². The lowest BCUT2D eigenvalue weighted by Gasteiger charge is -2.30. The summed E-state index contributed by atoms with van der Waals surface area (Å²) in [5, 5.41) is 11.4. The number of likely N-dealkylation sites (N-methyl/N-ethyl adjacent to an activating group) is 1. The van der Waals surface area contributed by atoms with Gasteiger partial charge in [0.15, 0.2) is 0 Å². The van der Waals surface area contributed by atoms with Crippen LogP contribution < -0.4 is 26.0 Å². The lowest BCUT2D eigenvalue weighted by Crippen LogP contribution is -2.58. The second-order valence-electron chi connectivity index (χ2n) is 12.5. The van der Waals surface area contributed by atoms with Gasteiger partial charge in [-0.25, -0.2) is 0 Å². The summed E-state index contributed by atoms with van der Waals surface area (Å²) < 4.78 is 11.2. The Hall–Kier alpha value is -3.67. The summed E-state index contributed by atoms with van der Waals surface area (Å²) in [4.78, 5) is 68.4. The first kappa shape index (κ1) is 36.5. The monoisotopic (exact) mass is 617 g/mol. The fourth-order valence-corrected chi connectivity index (χ4v) is 4.76. The summed E-state index contributed by atoms with van der Waals surface area (Å²) in [6.07, 6.45) is 0.223. The lowest BCUT2D eigenvalue weighted by atomic mass is 9.98. The largest absolute Gasteiger partial charge is 0.491 e. The summed E-state index contributed by atoms with van der Waals surface area (Å²) >= 11 is 0. The molecule has 1 aliphatic heterocycles. The first-order valence-electron chi connectivity index (χ1n) is 15.4. The van der Waals surface area contributed by atoms with E-state index in [2.05, 4.69) is 21.3 Å². The Morgan fingerprint density at radius 2 is 1.64 bits per heavy atom. The van der Waals surface area contributed by atoms with Gasteiger partial charge in [-0.1, -0.05) is 53.7 Å². The fourth-order valence-electron chi connectivity index (χ4n) is 4.76. The van der Waals surface area contributed by atoms with Crippen molar-refractivity contribution in [1.29, 1.82) is 0 Å². The molecule has 1 heterocycles. The fraction of sp³-hybridized carbons (Fsp3) is 0.656. The number of benzene rings is 1. The Labute approximate surface area is 261 Å². The molecular weight excluding hydrogens is 566 g/mol. The molecule has 12 heteroatoms. The van der Waals surface area contributed by atoms with E-state index in [1.54, 1.807) is 31.3 Å². The molecule has 0 bridgehead atoms. The van der Waals surface area contributed by atoms with Crippen LogP contribution in [-0.2, 0) is 23.9 Å². The van der Waals surface area contributed by atoms with Crippen molar-refractivity contribution >= 4 is 29.5 Å². The zero-order chi connectivity index (χ0) is 33.0. The number of methoxy groups -OCH3 is 1. The quantitative estimate of drug-likeness (QED) is 0.347. The van der Waals surface area contributed by atoms with E-state index in [0.717, 1.165) is 0 Å². The van der Waals surface area contributed by atoms with E-state index in [-0.39, 0.29) is 60.3 Å². The molecule has 0 unspecified atom stereocenters. The first-order chi connectivity index (χ1) is 20.7. The van der Waals surface area contributed by atoms with E-state index in [4.69, 9.17) is 9.47 Å². The molecule has 12 nitrogen and oxygen atoms in total. The number of ether oxygens (including phenoxy) is 2. The molecule has 0 saturated heterocycles. The van der Waals surface area contributed by atoms with Crippen LogP contribution in [0.15, 0.2) is 24.3 Å². The van der Waals surface area contributed by atoms with E-state index < -0.39 is 41.9 Å². The van der Waals surface area contributed by atoms with Crippen molar-refractivity contribution in [3.63, 3.8) is 0 Å². The first-order valence-corrected chi connectivity index (χ1v) is 15.4. The third-order valence-electron chi connectivity index (χ3n) is 7.56. The zero-order valence-corrected chi connectivity index (χ0v) is 27.4. The second-order valence-corrected chi connectivity index (χ2v) is 12.5. The van der Waals surface area contributed by atoms with Gasteiger partial charge in [0.1, 0.15) is 30.5 Å². The summed E-state index contributed by atoms with van der Waals surface area (Å²) in [6.45, 7) is 12.1. The minimum atomic E-state index is -1.02. The molecule has 1 aliphatic rings. The van der Waals surface area contributed by atoms with Gasteiger partial charge >= 0.3 is 0 Å². The van der Waals surface area contributed by atoms with Crippen molar-refractivity contribution in [2.75, 3.05) is 33.9 Å². The molecule has 1 aromatic carbocycles. The van der Waals surface area contributed by atoms with Crippen molar-refractivity contribution in [1.82, 2.24) is 26.2 Å². The molecule has 0 radical (unpaired) electrons. The van der Waals surface area contributed by atoms with E-state index in [0.29, 0.717) is 19.6 Å². The van der Waals surface area contributed by atoms with Gasteiger partial charge < -0.3 is 35.6 Å². The maximum absolute atomic E-state index is 13.5. The van der Waals surface area contributed by atoms with Gasteiger partial charge in [-0.15, -0.1) is 0 Å². The van der Waals surface area contributed by atoms with Gasteiger partial charge in [0, 0.05) is 27.1 Å². The molecule has 0 saturated carbocycles. The number of hydrogen-bond donors (Lipinski definition) is 4. The number of carbonyl (C=O) groups excluding carboxylic acids is 5. The Balaban J connectivity index is 2.51. The van der Waals surface area contributed by atoms with Crippen LogP contribution in [0.2, 0.25) is 0 Å². The van der Waals surface area contributed by atoms with E-state index in [1.165, 1.54) is 12.0 Å². The zero-order valence-electron chi connectivity index (χ0n) is 27.4. The molecule has 44 heavy (non-hydrogen) atoms. The SMILES string of the molecule is COCCN(C)C(=O)[C@@H]1CCC(=O)N[C@H](CC(C)C)C(=O)N[C@@H](C(C)C)C(=O)N[C@H](C(C)C)COc2ccccc2C(=O)N1. The van der Waals surface area contributed by atoms with Crippen LogP contribution in [0.3, 0.4) is 0 Å². The van der Waals surface area contributed by atoms with Gasteiger partial charge in [0.25, 0.3) is 5.91 Å². The summed E-state index contributed by atoms with van der Waals surface area (Å²) in [5.74, 6) is -2.12. The molecule has 2 rings (SSSR count). The Kier molecular flexibility index (Phi) is 14.6. The van der Waals surface area contributed by atoms with Crippen LogP contribution in [0.4, 0.5) is 0 Å². The minimum absolute atomic E-state index is 0.000775. The van der Waals surface area contributed by atoms with Gasteiger partial charge in [-0.3, -0.25) is 24.0 Å². The molecule has 1 aromatic rings. The van der Waals surface area contributed by atoms with Crippen molar-refractivity contribution in [3.05, 3.63) is 29.8 Å². The molecule has 0 spiro atoms. The number of nitrogens with zero attached hydrogens (tertiary/aromatic N) is 1. The van der Waals surface area contributed by atoms with Crippen LogP contribution in [0, 0.1) is 17.8 Å². The van der Waals surface area contributed by atoms with Gasteiger partial charge in [-0.05, 0) is 42.7 Å². The van der Waals surface area contributed by atoms with E-state index in [1.807, 2.05) is 41.5 Å². The molecule has 0 aliphatic carbocycles. The molecule has 4 N–H and O–H groups in total. The highest BCUT2D eigenvalue weighted by molar-refractivity contribution is 6.00. The number of nitrogens with one attached hydrogen (secondary N) is 4. The predicted molar refractivity (Wildman–Crippen MR) is 167 cm³/mol. The van der Waals surface area contributed by atoms with Crippen molar-refractivity contribution in [3.8, 4) is 5.75 Å². The molecule has 0 aromatic heterocycles. The van der Waals surface area contributed by atoms with Crippen LogP contribution >= 0.6 is 0 Å². The summed E-state index contributed by atoms with van der Waals surface area (Å²) in [6, 6.07) is 3.46. The second kappa shape index (κ2) is 17.6. The average Bonchev–Trinajstić information content (AvgIpc) is 2.96. The Morgan fingerprint density at radius 1 is 0.955 bits per heavy atom. The number of para-hydroxylation sites is 1. The van der Waals surface area contributed by atoms with Crippen molar-refractivity contribution in [2.45, 2.75) is 85.0 Å². The van der Waals surface area contributed by atoms with Crippen LogP contribution in [0.25, 0.3) is 0 Å². The number of rotatable bonds is 8. The Morgan fingerprint density at radius 3 is 2.25 bits per heavy atom. The van der Waals surface area contributed by atoms with Crippen LogP contribution in [0.5, 0.6) is 5.75 Å². The van der Waals surface area contributed by atoms with Crippen LogP contribution in [-0.4, -0.2) is 92.5 Å². The molecule has 5 amide bonds. The minimum Gasteiger partial charge on any atom is -0.491 e. The van der Waals surface area contributed by atoms with Crippen molar-refractivity contribution in [2.24, 2.45) is 17.8 Å². The van der Waals surface area contributed by atoms with Crippen molar-refractivity contribution < 1.29 is 33.4 Å². The lowest BCUT2D eigenvalue weighted by molar-refractivity contribution is -0.134. The van der Waals surface area contributed by atoms with Crippen LogP contribution in [0.1, 0.15) is 71.2 Å². The highest BCUT2D eigenvalue weighted by Gasteiger charge is 2.32. The molecule has 0 fully saturated rings. The third kappa shape index (κ3) is 11.1. The standard InChI is InChI=1S/C32H51N5O7/c1-19(2)17-24-30(40)36-28(21(5)6)31(41)35-25(20(3)4)18-44-26-12-10-9-11-22(26)29(39)34-23(13-14-27(38)33-24)32(42)37(7)15-16-43-8/h9-12,19-21,23-25,28H,13-18H2,1-8H3,(H,33,38)(H,34,39)(H,35,41)(H,36,40)/t23-,24+,25-,28-/m0/s1. The molecule has 246 valence electrons. The predicted octanol–water partition coefficient (Wildman–Crippen LogP) is 1.87. The van der Waals surface area contributed by atoms with Gasteiger partial charge in [0.05, 0.1) is 18.2 Å². The van der Waals surface area contributed by atoms with Gasteiger partial charge in [-0.2, -0.15) is 0 Å². The Bertz CT molecular complexity index is 1140. The highest BCUT2D eigenvalue weighted by Crippen LogP contribution is 2.20. The number of fused-ring (bicyclic) bond motifs is 1. The number of amides is 5. The smallest absolute Gasteiger partial charge is 0.255 e. The third-order valence-corrected chi connectivity index (χ3v) is 7.56. The maximum Gasteiger partial charge on any atom is 0.255 e. The highest BCUT2D eigenvalue weighted by atomic mass is 16.5. The number of carbonyl (C=O) groups is 5. The topological polar surface area (TPSA) is 155 Å². The summed E-state index contributed by atoms with van der Waals surface area (Å²) in [7, 11) is 3.13. The summed E-state index contributed by atoms with van der Waals surface area (Å²) in [5.41, 5.74) is 0.216. The maximum atomic E-state index is 13.5. The molecule has 4 atom stereocenters. The normalized spacial score (nSPS) is 22.6.